The van der Waals surface area contributed by atoms with Gasteiger partial charge in [0.1, 0.15) is 22.5 Å². The number of benzene rings is 1. The molecule has 0 radical (unpaired) electrons. The molecule has 2 aromatic rings. The van der Waals surface area contributed by atoms with E-state index in [2.05, 4.69) is 5.10 Å². The number of nitrogen functional groups attached to an aromatic ring is 1. The van der Waals surface area contributed by atoms with Crippen molar-refractivity contribution in [1.29, 1.82) is 5.26 Å². The fourth-order valence-corrected chi connectivity index (χ4v) is 2.04. The van der Waals surface area contributed by atoms with Crippen LogP contribution in [0.15, 0.2) is 17.2 Å². The summed E-state index contributed by atoms with van der Waals surface area (Å²) in [6.45, 7) is 0. The van der Waals surface area contributed by atoms with Crippen molar-refractivity contribution in [2.45, 2.75) is 5.03 Å². The highest BCUT2D eigenvalue weighted by molar-refractivity contribution is 7.98. The smallest absolute Gasteiger partial charge is 0.194 e. The molecule has 0 aliphatic heterocycles. The lowest BCUT2D eigenvalue weighted by molar-refractivity contribution is 0.446. The first-order chi connectivity index (χ1) is 8.99. The molecule has 4 nitrogen and oxygen atoms in total. The molecule has 19 heavy (non-hydrogen) atoms. The molecule has 1 heterocycles. The van der Waals surface area contributed by atoms with E-state index in [1.54, 1.807) is 6.26 Å². The first-order valence-electron chi connectivity index (χ1n) is 4.97. The van der Waals surface area contributed by atoms with Gasteiger partial charge in [-0.1, -0.05) is 0 Å². The summed E-state index contributed by atoms with van der Waals surface area (Å²) in [5.74, 6) is -4.33. The van der Waals surface area contributed by atoms with Gasteiger partial charge in [-0.05, 0) is 6.26 Å². The van der Waals surface area contributed by atoms with E-state index < -0.39 is 17.5 Å². The normalized spacial score (nSPS) is 10.5. The molecule has 8 heteroatoms. The van der Waals surface area contributed by atoms with Gasteiger partial charge in [0.2, 0.25) is 0 Å². The molecule has 2 N–H and O–H groups in total. The first-order valence-corrected chi connectivity index (χ1v) is 6.19. The Morgan fingerprint density at radius 1 is 1.32 bits per heavy atom. The minimum Gasteiger partial charge on any atom is -0.382 e. The summed E-state index contributed by atoms with van der Waals surface area (Å²) in [4.78, 5) is 0. The van der Waals surface area contributed by atoms with Crippen LogP contribution >= 0.6 is 11.8 Å². The molecule has 0 saturated carbocycles. The summed E-state index contributed by atoms with van der Waals surface area (Å²) in [6.07, 6.45) is 1.68. The molecule has 2 rings (SSSR count). The Kier molecular flexibility index (Phi) is 3.40. The number of anilines is 1. The number of nitriles is 1. The highest BCUT2D eigenvalue weighted by Gasteiger charge is 2.18. The number of halogens is 3. The van der Waals surface area contributed by atoms with Crippen LogP contribution in [0.1, 0.15) is 5.56 Å². The van der Waals surface area contributed by atoms with Crippen LogP contribution in [-0.2, 0) is 0 Å². The number of hydrogen-bond acceptors (Lipinski definition) is 4. The van der Waals surface area contributed by atoms with Crippen molar-refractivity contribution in [3.63, 3.8) is 0 Å². The third-order valence-electron chi connectivity index (χ3n) is 2.41. The highest BCUT2D eigenvalue weighted by Crippen LogP contribution is 2.27. The number of aromatic nitrogens is 2. The van der Waals surface area contributed by atoms with Crippen molar-refractivity contribution in [2.24, 2.45) is 0 Å². The SMILES string of the molecule is CSc1nn(-c2cc(F)c(F)c(F)c2)c(N)c1C#N. The molecule has 1 aromatic heterocycles. The summed E-state index contributed by atoms with van der Waals surface area (Å²) < 4.78 is 40.2. The van der Waals surface area contributed by atoms with E-state index in [9.17, 15) is 13.2 Å². The zero-order chi connectivity index (χ0) is 14.2. The van der Waals surface area contributed by atoms with E-state index in [0.717, 1.165) is 16.8 Å². The number of rotatable bonds is 2. The highest BCUT2D eigenvalue weighted by atomic mass is 32.2. The van der Waals surface area contributed by atoms with Crippen LogP contribution in [0.2, 0.25) is 0 Å². The van der Waals surface area contributed by atoms with Crippen LogP contribution < -0.4 is 5.73 Å². The topological polar surface area (TPSA) is 67.6 Å². The molecule has 0 bridgehead atoms. The lowest BCUT2D eigenvalue weighted by Gasteiger charge is -2.05. The summed E-state index contributed by atoms with van der Waals surface area (Å²) in [5, 5.41) is 13.2. The summed E-state index contributed by atoms with van der Waals surface area (Å²) in [5.41, 5.74) is 5.70. The van der Waals surface area contributed by atoms with Crippen molar-refractivity contribution >= 4 is 17.6 Å². The minimum absolute atomic E-state index is 0.0581. The van der Waals surface area contributed by atoms with Gasteiger partial charge in [-0.2, -0.15) is 10.4 Å². The second-order valence-electron chi connectivity index (χ2n) is 3.52. The second kappa shape index (κ2) is 4.85. The minimum atomic E-state index is -1.57. The van der Waals surface area contributed by atoms with Gasteiger partial charge in [-0.25, -0.2) is 17.9 Å². The predicted octanol–water partition coefficient (Wildman–Crippen LogP) is 2.47. The lowest BCUT2D eigenvalue weighted by atomic mass is 10.3. The molecule has 1 aromatic carbocycles. The van der Waals surface area contributed by atoms with Crippen molar-refractivity contribution < 1.29 is 13.2 Å². The van der Waals surface area contributed by atoms with E-state index >= 15 is 0 Å². The molecule has 0 spiro atoms. The Balaban J connectivity index is 2.67. The number of thioether (sulfide) groups is 1. The van der Waals surface area contributed by atoms with Crippen LogP contribution in [-0.4, -0.2) is 16.0 Å². The van der Waals surface area contributed by atoms with Gasteiger partial charge < -0.3 is 5.73 Å². The second-order valence-corrected chi connectivity index (χ2v) is 4.31. The van der Waals surface area contributed by atoms with Gasteiger partial charge in [-0.3, -0.25) is 0 Å². The Hall–Kier alpha value is -2.14. The van der Waals surface area contributed by atoms with Gasteiger partial charge in [-0.15, -0.1) is 11.8 Å². The van der Waals surface area contributed by atoms with Gasteiger partial charge in [0.15, 0.2) is 17.5 Å². The molecule has 98 valence electrons. The Labute approximate surface area is 110 Å². The quantitative estimate of drug-likeness (QED) is 0.679. The largest absolute Gasteiger partial charge is 0.382 e. The predicted molar refractivity (Wildman–Crippen MR) is 64.3 cm³/mol. The third-order valence-corrected chi connectivity index (χ3v) is 3.08. The van der Waals surface area contributed by atoms with Crippen LogP contribution in [0.5, 0.6) is 0 Å². The van der Waals surface area contributed by atoms with E-state index in [1.807, 2.05) is 6.07 Å². The lowest BCUT2D eigenvalue weighted by Crippen LogP contribution is -2.05. The zero-order valence-electron chi connectivity index (χ0n) is 9.62. The Morgan fingerprint density at radius 2 is 1.89 bits per heavy atom. The van der Waals surface area contributed by atoms with Crippen molar-refractivity contribution in [1.82, 2.24) is 9.78 Å². The number of hydrogen-bond donors (Lipinski definition) is 1. The summed E-state index contributed by atoms with van der Waals surface area (Å²) in [6, 6.07) is 3.37. The standard InChI is InChI=1S/C11H7F3N4S/c1-19-11-6(4-15)10(16)18(17-11)5-2-7(12)9(14)8(13)3-5/h2-3H,16H2,1H3. The number of nitrogens with two attached hydrogens (primary N) is 1. The van der Waals surface area contributed by atoms with E-state index in [4.69, 9.17) is 11.0 Å². The monoisotopic (exact) mass is 284 g/mol. The molecule has 0 saturated heterocycles. The maximum Gasteiger partial charge on any atom is 0.194 e. The molecule has 0 aliphatic rings. The van der Waals surface area contributed by atoms with E-state index in [1.165, 1.54) is 11.8 Å². The average molecular weight is 284 g/mol. The molecule has 0 unspecified atom stereocenters. The first kappa shape index (κ1) is 13.3. The maximum atomic E-state index is 13.2. The van der Waals surface area contributed by atoms with Gasteiger partial charge in [0.05, 0.1) is 5.69 Å². The number of nitrogens with zero attached hydrogens (tertiary/aromatic N) is 3. The van der Waals surface area contributed by atoms with Gasteiger partial charge >= 0.3 is 0 Å². The summed E-state index contributed by atoms with van der Waals surface area (Å²) in [7, 11) is 0. The van der Waals surface area contributed by atoms with E-state index in [0.29, 0.717) is 5.03 Å². The van der Waals surface area contributed by atoms with Gasteiger partial charge in [0.25, 0.3) is 0 Å². The zero-order valence-corrected chi connectivity index (χ0v) is 10.4. The molecule has 0 fully saturated rings. The fourth-order valence-electron chi connectivity index (χ4n) is 1.52. The van der Waals surface area contributed by atoms with Crippen molar-refractivity contribution in [2.75, 3.05) is 12.0 Å². The molecule has 0 aliphatic carbocycles. The van der Waals surface area contributed by atoms with Gasteiger partial charge in [0, 0.05) is 12.1 Å². The molecule has 0 atom stereocenters. The molecule has 0 amide bonds. The molecular weight excluding hydrogens is 277 g/mol. The Morgan fingerprint density at radius 3 is 2.32 bits per heavy atom. The average Bonchev–Trinajstić information content (AvgIpc) is 2.71. The maximum absolute atomic E-state index is 13.2. The summed E-state index contributed by atoms with van der Waals surface area (Å²) >= 11 is 1.17. The van der Waals surface area contributed by atoms with Crippen molar-refractivity contribution in [3.8, 4) is 11.8 Å². The van der Waals surface area contributed by atoms with Crippen LogP contribution in [0, 0.1) is 28.8 Å². The van der Waals surface area contributed by atoms with Crippen molar-refractivity contribution in [3.05, 3.63) is 35.1 Å². The van der Waals surface area contributed by atoms with Crippen LogP contribution in [0.3, 0.4) is 0 Å². The van der Waals surface area contributed by atoms with E-state index in [-0.39, 0.29) is 17.1 Å². The third kappa shape index (κ3) is 2.13. The Bertz CT molecular complexity index is 667. The molecular formula is C11H7F3N4S. The van der Waals surface area contributed by atoms with Crippen LogP contribution in [0.4, 0.5) is 19.0 Å². The fraction of sp³-hybridized carbons (Fsp3) is 0.0909. The van der Waals surface area contributed by atoms with Crippen LogP contribution in [0.25, 0.3) is 5.69 Å².